The molecule has 146 valence electrons. The van der Waals surface area contributed by atoms with Crippen molar-refractivity contribution in [3.63, 3.8) is 0 Å². The van der Waals surface area contributed by atoms with E-state index >= 15 is 0 Å². The Hall–Kier alpha value is -2.61. The largest absolute Gasteiger partial charge is 0.352 e. The fourth-order valence-electron chi connectivity index (χ4n) is 2.43. The topological polar surface area (TPSA) is 97.3 Å². The Bertz CT molecular complexity index is 979. The van der Waals surface area contributed by atoms with Crippen molar-refractivity contribution < 1.29 is 13.2 Å². The van der Waals surface area contributed by atoms with Crippen LogP contribution in [0.2, 0.25) is 0 Å². The molecule has 0 aliphatic carbocycles. The van der Waals surface area contributed by atoms with Gasteiger partial charge in [-0.05, 0) is 51.5 Å². The summed E-state index contributed by atoms with van der Waals surface area (Å²) in [4.78, 5) is 24.9. The summed E-state index contributed by atoms with van der Waals surface area (Å²) in [5.74, 6) is -0.298. The van der Waals surface area contributed by atoms with E-state index in [4.69, 9.17) is 0 Å². The maximum atomic E-state index is 12.7. The maximum Gasteiger partial charge on any atom is 0.275 e. The lowest BCUT2D eigenvalue weighted by molar-refractivity contribution is -0.122. The zero-order valence-electron chi connectivity index (χ0n) is 15.9. The Morgan fingerprint density at radius 2 is 1.74 bits per heavy atom. The lowest BCUT2D eigenvalue weighted by Crippen LogP contribution is -2.38. The summed E-state index contributed by atoms with van der Waals surface area (Å²) < 4.78 is 28.6. The van der Waals surface area contributed by atoms with E-state index in [1.54, 1.807) is 25.1 Å². The number of hydrogen-bond donors (Lipinski definition) is 2. The van der Waals surface area contributed by atoms with E-state index in [1.165, 1.54) is 22.8 Å². The van der Waals surface area contributed by atoms with E-state index in [9.17, 15) is 18.0 Å². The molecule has 0 spiro atoms. The first-order valence-corrected chi connectivity index (χ1v) is 10.2. The van der Waals surface area contributed by atoms with Gasteiger partial charge in [-0.15, -0.1) is 0 Å². The molecule has 2 aromatic rings. The Balaban J connectivity index is 2.30. The number of benzene rings is 1. The Labute approximate surface area is 159 Å². The average Bonchev–Trinajstić information content (AvgIpc) is 2.61. The summed E-state index contributed by atoms with van der Waals surface area (Å²) in [6.45, 7) is 7.20. The molecule has 2 N–H and O–H groups in total. The highest BCUT2D eigenvalue weighted by Crippen LogP contribution is 2.14. The van der Waals surface area contributed by atoms with Gasteiger partial charge in [0, 0.05) is 11.7 Å². The number of carbonyl (C=O) groups is 1. The van der Waals surface area contributed by atoms with Gasteiger partial charge in [-0.1, -0.05) is 24.6 Å². The highest BCUT2D eigenvalue weighted by molar-refractivity contribution is 7.92. The van der Waals surface area contributed by atoms with Crippen LogP contribution >= 0.6 is 0 Å². The molecule has 0 aliphatic heterocycles. The minimum atomic E-state index is -3.90. The van der Waals surface area contributed by atoms with Crippen LogP contribution in [-0.2, 0) is 21.4 Å². The molecule has 7 nitrogen and oxygen atoms in total. The van der Waals surface area contributed by atoms with Crippen molar-refractivity contribution in [2.75, 3.05) is 4.72 Å². The molecule has 0 aliphatic rings. The van der Waals surface area contributed by atoms with E-state index in [-0.39, 0.29) is 29.1 Å². The molecule has 0 unspecified atom stereocenters. The first kappa shape index (κ1) is 20.7. The van der Waals surface area contributed by atoms with Crippen LogP contribution in [0.25, 0.3) is 0 Å². The van der Waals surface area contributed by atoms with Crippen LogP contribution in [0.4, 0.5) is 5.69 Å². The van der Waals surface area contributed by atoms with E-state index in [0.29, 0.717) is 5.69 Å². The molecule has 0 radical (unpaired) electrons. The van der Waals surface area contributed by atoms with Crippen molar-refractivity contribution in [2.45, 2.75) is 51.6 Å². The summed E-state index contributed by atoms with van der Waals surface area (Å²) in [7, 11) is -3.90. The number of anilines is 1. The number of nitrogens with zero attached hydrogens (tertiary/aromatic N) is 1. The molecule has 2 rings (SSSR count). The molecular formula is C19H25N3O4S. The van der Waals surface area contributed by atoms with Gasteiger partial charge in [0.1, 0.15) is 12.2 Å². The van der Waals surface area contributed by atoms with Crippen molar-refractivity contribution in [3.8, 4) is 0 Å². The lowest BCUT2D eigenvalue weighted by atomic mass is 10.2. The smallest absolute Gasteiger partial charge is 0.275 e. The molecule has 0 saturated carbocycles. The monoisotopic (exact) mass is 391 g/mol. The number of aromatic nitrogens is 1. The van der Waals surface area contributed by atoms with Gasteiger partial charge in [0.2, 0.25) is 5.91 Å². The van der Waals surface area contributed by atoms with Crippen LogP contribution in [0, 0.1) is 13.8 Å². The third kappa shape index (κ3) is 5.19. The second-order valence-electron chi connectivity index (χ2n) is 6.58. The molecule has 1 heterocycles. The average molecular weight is 391 g/mol. The van der Waals surface area contributed by atoms with Crippen LogP contribution in [0.15, 0.2) is 46.1 Å². The molecule has 8 heteroatoms. The van der Waals surface area contributed by atoms with Crippen LogP contribution in [0.3, 0.4) is 0 Å². The molecule has 1 atom stereocenters. The van der Waals surface area contributed by atoms with Crippen molar-refractivity contribution in [1.82, 2.24) is 9.88 Å². The summed E-state index contributed by atoms with van der Waals surface area (Å²) >= 11 is 0. The second kappa shape index (κ2) is 8.39. The molecule has 27 heavy (non-hydrogen) atoms. The number of amides is 1. The van der Waals surface area contributed by atoms with E-state index in [1.807, 2.05) is 20.8 Å². The highest BCUT2D eigenvalue weighted by atomic mass is 32.2. The summed E-state index contributed by atoms with van der Waals surface area (Å²) in [5, 5.41) is 2.79. The number of sulfonamides is 1. The first-order chi connectivity index (χ1) is 12.6. The highest BCUT2D eigenvalue weighted by Gasteiger charge is 2.18. The SMILES string of the molecule is CC[C@@H](C)NC(=O)Cn1c(C)ccc(NS(=O)(=O)c2ccc(C)cc2)c1=O. The first-order valence-electron chi connectivity index (χ1n) is 8.73. The van der Waals surface area contributed by atoms with E-state index in [0.717, 1.165) is 12.0 Å². The molecule has 0 saturated heterocycles. The molecule has 0 bridgehead atoms. The van der Waals surface area contributed by atoms with E-state index in [2.05, 4.69) is 10.0 Å². The second-order valence-corrected chi connectivity index (χ2v) is 8.26. The zero-order valence-corrected chi connectivity index (χ0v) is 16.8. The molecule has 1 aromatic carbocycles. The van der Waals surface area contributed by atoms with Gasteiger partial charge < -0.3 is 9.88 Å². The fraction of sp³-hybridized carbons (Fsp3) is 0.368. The van der Waals surface area contributed by atoms with Crippen molar-refractivity contribution in [3.05, 3.63) is 58.0 Å². The summed E-state index contributed by atoms with van der Waals surface area (Å²) in [6, 6.07) is 9.32. The normalized spacial score (nSPS) is 12.4. The Morgan fingerprint density at radius 3 is 2.33 bits per heavy atom. The fourth-order valence-corrected chi connectivity index (χ4v) is 3.49. The van der Waals surface area contributed by atoms with Gasteiger partial charge in [0.25, 0.3) is 15.6 Å². The Morgan fingerprint density at radius 1 is 1.11 bits per heavy atom. The quantitative estimate of drug-likeness (QED) is 0.756. The molecule has 1 amide bonds. The third-order valence-electron chi connectivity index (χ3n) is 4.29. The van der Waals surface area contributed by atoms with Crippen LogP contribution in [0.5, 0.6) is 0 Å². The molecular weight excluding hydrogens is 366 g/mol. The van der Waals surface area contributed by atoms with Crippen LogP contribution in [0.1, 0.15) is 31.5 Å². The van der Waals surface area contributed by atoms with Crippen molar-refractivity contribution >= 4 is 21.6 Å². The van der Waals surface area contributed by atoms with Gasteiger partial charge in [-0.3, -0.25) is 14.3 Å². The number of pyridine rings is 1. The van der Waals surface area contributed by atoms with Gasteiger partial charge in [-0.2, -0.15) is 0 Å². The van der Waals surface area contributed by atoms with Gasteiger partial charge in [-0.25, -0.2) is 8.42 Å². The molecule has 1 aromatic heterocycles. The minimum Gasteiger partial charge on any atom is -0.352 e. The van der Waals surface area contributed by atoms with E-state index < -0.39 is 15.6 Å². The number of nitrogens with one attached hydrogen (secondary N) is 2. The number of hydrogen-bond acceptors (Lipinski definition) is 4. The van der Waals surface area contributed by atoms with Crippen LogP contribution in [-0.4, -0.2) is 24.9 Å². The van der Waals surface area contributed by atoms with Crippen molar-refractivity contribution in [1.29, 1.82) is 0 Å². The van der Waals surface area contributed by atoms with Gasteiger partial charge in [0.15, 0.2) is 0 Å². The lowest BCUT2D eigenvalue weighted by Gasteiger charge is -2.15. The third-order valence-corrected chi connectivity index (χ3v) is 5.67. The van der Waals surface area contributed by atoms with Crippen molar-refractivity contribution in [2.24, 2.45) is 0 Å². The molecule has 0 fully saturated rings. The summed E-state index contributed by atoms with van der Waals surface area (Å²) in [6.07, 6.45) is 0.774. The number of carbonyl (C=O) groups excluding carboxylic acids is 1. The van der Waals surface area contributed by atoms with Crippen LogP contribution < -0.4 is 15.6 Å². The predicted molar refractivity (Wildman–Crippen MR) is 105 cm³/mol. The maximum absolute atomic E-state index is 12.7. The minimum absolute atomic E-state index is 0.00303. The standard InChI is InChI=1S/C19H25N3O4S/c1-5-14(3)20-18(23)12-22-15(4)8-11-17(19(22)24)21-27(25,26)16-9-6-13(2)7-10-16/h6-11,14,21H,5,12H2,1-4H3,(H,20,23)/t14-/m1/s1. The van der Waals surface area contributed by atoms with Gasteiger partial charge >= 0.3 is 0 Å². The summed E-state index contributed by atoms with van der Waals surface area (Å²) in [5.41, 5.74) is 0.832. The number of rotatable bonds is 7. The predicted octanol–water partition coefficient (Wildman–Crippen LogP) is 2.18. The number of aryl methyl sites for hydroxylation is 2. The van der Waals surface area contributed by atoms with Gasteiger partial charge in [0.05, 0.1) is 4.90 Å². The Kier molecular flexibility index (Phi) is 6.43. The zero-order chi connectivity index (χ0) is 20.2.